The normalized spacial score (nSPS) is 17.2. The summed E-state index contributed by atoms with van der Waals surface area (Å²) in [5.74, 6) is -0.0602. The highest BCUT2D eigenvalue weighted by Crippen LogP contribution is 2.18. The summed E-state index contributed by atoms with van der Waals surface area (Å²) in [5.41, 5.74) is 0.459. The van der Waals surface area contributed by atoms with Crippen LogP contribution in [0, 0.1) is 0 Å². The van der Waals surface area contributed by atoms with E-state index in [0.717, 1.165) is 0 Å². The third-order valence-corrected chi connectivity index (χ3v) is 5.60. The molecule has 1 saturated heterocycles. The van der Waals surface area contributed by atoms with Crippen molar-refractivity contribution in [3.05, 3.63) is 34.9 Å². The molecule has 1 heterocycles. The molecule has 1 aromatic rings. The molecule has 0 saturated carbocycles. The molecule has 1 aromatic carbocycles. The number of halogens is 1. The van der Waals surface area contributed by atoms with E-state index in [1.807, 2.05) is 0 Å². The highest BCUT2D eigenvalue weighted by atomic mass is 35.5. The van der Waals surface area contributed by atoms with Gasteiger partial charge in [-0.2, -0.15) is 4.31 Å². The molecule has 0 aliphatic carbocycles. The number of nitrogens with zero attached hydrogens (tertiary/aromatic N) is 2. The van der Waals surface area contributed by atoms with Crippen LogP contribution in [0.5, 0.6) is 0 Å². The molecule has 1 amide bonds. The molecule has 0 bridgehead atoms. The maximum Gasteiger partial charge on any atom is 0.255 e. The van der Waals surface area contributed by atoms with Gasteiger partial charge < -0.3 is 4.90 Å². The van der Waals surface area contributed by atoms with Crippen LogP contribution in [0.15, 0.2) is 24.3 Å². The zero-order valence-corrected chi connectivity index (χ0v) is 12.8. The van der Waals surface area contributed by atoms with E-state index in [9.17, 15) is 13.2 Å². The fourth-order valence-corrected chi connectivity index (χ4v) is 3.46. The van der Waals surface area contributed by atoms with E-state index in [2.05, 4.69) is 0 Å². The van der Waals surface area contributed by atoms with Crippen LogP contribution in [-0.2, 0) is 10.0 Å². The van der Waals surface area contributed by atoms with Crippen LogP contribution in [0.3, 0.4) is 0 Å². The number of carbonyl (C=O) groups is 1. The van der Waals surface area contributed by atoms with Gasteiger partial charge in [-0.15, -0.1) is 0 Å². The van der Waals surface area contributed by atoms with Crippen LogP contribution in [-0.4, -0.2) is 55.5 Å². The van der Waals surface area contributed by atoms with Gasteiger partial charge in [0.2, 0.25) is 10.0 Å². The summed E-state index contributed by atoms with van der Waals surface area (Å²) in [6.45, 7) is 3.09. The number of sulfonamides is 1. The summed E-state index contributed by atoms with van der Waals surface area (Å²) in [6.07, 6.45) is 0. The Bertz CT molecular complexity index is 595. The number of carbonyl (C=O) groups excluding carboxylic acids is 1. The number of rotatable bonds is 3. The van der Waals surface area contributed by atoms with Crippen LogP contribution >= 0.6 is 11.6 Å². The van der Waals surface area contributed by atoms with E-state index < -0.39 is 10.0 Å². The largest absolute Gasteiger partial charge is 0.336 e. The first-order valence-corrected chi connectivity index (χ1v) is 8.46. The minimum atomic E-state index is -3.17. The minimum Gasteiger partial charge on any atom is -0.336 e. The Morgan fingerprint density at radius 2 is 1.80 bits per heavy atom. The van der Waals surface area contributed by atoms with E-state index in [1.54, 1.807) is 36.1 Å². The van der Waals surface area contributed by atoms with Crippen molar-refractivity contribution in [2.45, 2.75) is 6.92 Å². The number of amides is 1. The van der Waals surface area contributed by atoms with Gasteiger partial charge in [-0.1, -0.05) is 23.7 Å². The average Bonchev–Trinajstić information content (AvgIpc) is 2.47. The van der Waals surface area contributed by atoms with Crippen LogP contribution in [0.4, 0.5) is 0 Å². The van der Waals surface area contributed by atoms with Gasteiger partial charge in [0.25, 0.3) is 5.91 Å². The van der Waals surface area contributed by atoms with Gasteiger partial charge in [-0.25, -0.2) is 8.42 Å². The van der Waals surface area contributed by atoms with Crippen molar-refractivity contribution in [2.75, 3.05) is 31.9 Å². The van der Waals surface area contributed by atoms with E-state index in [1.165, 1.54) is 4.31 Å². The van der Waals surface area contributed by atoms with Crippen molar-refractivity contribution >= 4 is 27.5 Å². The first-order valence-electron chi connectivity index (χ1n) is 6.47. The SMILES string of the molecule is CCS(=O)(=O)N1CCN(C(=O)c2ccccc2Cl)CC1. The Morgan fingerprint density at radius 1 is 1.20 bits per heavy atom. The highest BCUT2D eigenvalue weighted by molar-refractivity contribution is 7.89. The molecule has 110 valence electrons. The molecular weight excluding hydrogens is 300 g/mol. The van der Waals surface area contributed by atoms with Gasteiger partial charge >= 0.3 is 0 Å². The predicted molar refractivity (Wildman–Crippen MR) is 78.4 cm³/mol. The van der Waals surface area contributed by atoms with E-state index in [0.29, 0.717) is 36.8 Å². The molecule has 1 aliphatic heterocycles. The maximum absolute atomic E-state index is 12.3. The van der Waals surface area contributed by atoms with Gasteiger partial charge in [0, 0.05) is 26.2 Å². The smallest absolute Gasteiger partial charge is 0.255 e. The summed E-state index contributed by atoms with van der Waals surface area (Å²) in [5, 5.41) is 0.418. The third kappa shape index (κ3) is 3.13. The highest BCUT2D eigenvalue weighted by Gasteiger charge is 2.28. The molecule has 0 aromatic heterocycles. The van der Waals surface area contributed by atoms with Crippen LogP contribution in [0.2, 0.25) is 5.02 Å². The fraction of sp³-hybridized carbons (Fsp3) is 0.462. The topological polar surface area (TPSA) is 57.7 Å². The molecule has 0 radical (unpaired) electrons. The lowest BCUT2D eigenvalue weighted by atomic mass is 10.2. The standard InChI is InChI=1S/C13H17ClN2O3S/c1-2-20(18,19)16-9-7-15(8-10-16)13(17)11-5-3-4-6-12(11)14/h3-6H,2,7-10H2,1H3. The van der Waals surface area contributed by atoms with Crippen molar-refractivity contribution < 1.29 is 13.2 Å². The molecule has 0 unspecified atom stereocenters. The van der Waals surface area contributed by atoms with Gasteiger partial charge in [0.1, 0.15) is 0 Å². The molecule has 1 fully saturated rings. The Morgan fingerprint density at radius 3 is 2.35 bits per heavy atom. The van der Waals surface area contributed by atoms with Crippen molar-refractivity contribution in [1.82, 2.24) is 9.21 Å². The Kier molecular flexibility index (Phi) is 4.67. The third-order valence-electron chi connectivity index (χ3n) is 3.39. The summed E-state index contributed by atoms with van der Waals surface area (Å²) in [6, 6.07) is 6.88. The minimum absolute atomic E-state index is 0.0887. The summed E-state index contributed by atoms with van der Waals surface area (Å²) in [4.78, 5) is 14.0. The molecule has 2 rings (SSSR count). The first-order chi connectivity index (χ1) is 9.45. The number of piperazine rings is 1. The lowest BCUT2D eigenvalue weighted by Crippen LogP contribution is -2.50. The molecule has 5 nitrogen and oxygen atoms in total. The van der Waals surface area contributed by atoms with Crippen molar-refractivity contribution in [3.8, 4) is 0 Å². The molecule has 0 spiro atoms. The second kappa shape index (κ2) is 6.11. The Labute approximate surface area is 124 Å². The van der Waals surface area contributed by atoms with Gasteiger partial charge in [0.15, 0.2) is 0 Å². The summed E-state index contributed by atoms with van der Waals surface area (Å²) >= 11 is 6.01. The van der Waals surface area contributed by atoms with Crippen molar-refractivity contribution in [3.63, 3.8) is 0 Å². The second-order valence-corrected chi connectivity index (χ2v) is 7.24. The van der Waals surface area contributed by atoms with E-state index >= 15 is 0 Å². The maximum atomic E-state index is 12.3. The van der Waals surface area contributed by atoms with Gasteiger partial charge in [-0.3, -0.25) is 4.79 Å². The molecule has 0 N–H and O–H groups in total. The Hall–Kier alpha value is -1.11. The van der Waals surface area contributed by atoms with E-state index in [-0.39, 0.29) is 11.7 Å². The lowest BCUT2D eigenvalue weighted by molar-refractivity contribution is 0.0698. The number of hydrogen-bond donors (Lipinski definition) is 0. The molecule has 0 atom stereocenters. The molecular formula is C13H17ClN2O3S. The monoisotopic (exact) mass is 316 g/mol. The fourth-order valence-electron chi connectivity index (χ4n) is 2.16. The van der Waals surface area contributed by atoms with Gasteiger partial charge in [0.05, 0.1) is 16.3 Å². The Balaban J connectivity index is 2.05. The van der Waals surface area contributed by atoms with Gasteiger partial charge in [-0.05, 0) is 19.1 Å². The molecule has 7 heteroatoms. The van der Waals surface area contributed by atoms with E-state index in [4.69, 9.17) is 11.6 Å². The van der Waals surface area contributed by atoms with Crippen LogP contribution < -0.4 is 0 Å². The quantitative estimate of drug-likeness (QED) is 0.848. The molecule has 20 heavy (non-hydrogen) atoms. The van der Waals surface area contributed by atoms with Crippen molar-refractivity contribution in [2.24, 2.45) is 0 Å². The average molecular weight is 317 g/mol. The summed E-state index contributed by atoms with van der Waals surface area (Å²) < 4.78 is 24.9. The predicted octanol–water partition coefficient (Wildman–Crippen LogP) is 1.45. The van der Waals surface area contributed by atoms with Crippen molar-refractivity contribution in [1.29, 1.82) is 0 Å². The zero-order chi connectivity index (χ0) is 14.8. The molecule has 1 aliphatic rings. The summed E-state index contributed by atoms with van der Waals surface area (Å²) in [7, 11) is -3.17. The number of hydrogen-bond acceptors (Lipinski definition) is 3. The number of benzene rings is 1. The van der Waals surface area contributed by atoms with Crippen LogP contribution in [0.1, 0.15) is 17.3 Å². The van der Waals surface area contributed by atoms with Crippen LogP contribution in [0.25, 0.3) is 0 Å². The first kappa shape index (κ1) is 15.3. The zero-order valence-electron chi connectivity index (χ0n) is 11.3. The second-order valence-electron chi connectivity index (χ2n) is 4.57. The lowest BCUT2D eigenvalue weighted by Gasteiger charge is -2.34.